The summed E-state index contributed by atoms with van der Waals surface area (Å²) in [5.74, 6) is 0.698. The average molecular weight is 458 g/mol. The Morgan fingerprint density at radius 2 is 2.19 bits per heavy atom. The molecule has 0 radical (unpaired) electrons. The lowest BCUT2D eigenvalue weighted by Crippen LogP contribution is -2.43. The first-order chi connectivity index (χ1) is 13.0. The smallest absolute Gasteiger partial charge is 0.225 e. The van der Waals surface area contributed by atoms with E-state index in [-0.39, 0.29) is 28.5 Å². The predicted octanol–water partition coefficient (Wildman–Crippen LogP) is 3.14. The number of hydrogen-bond donors (Lipinski definition) is 1. The van der Waals surface area contributed by atoms with Gasteiger partial charge in [0.25, 0.3) is 0 Å². The molecule has 9 heteroatoms. The standard InChI is InChI=1S/C18H19BrClFN4O2/c19-12-6-13(20)17(14(21)7-12)25-15(22-23-16(25)9-26)5-10-3-4-24(8-10)18(27)11-1-2-11/h6-7,9-11,16,23H,1-5,8H2/t10-,16?/m0/s1. The van der Waals surface area contributed by atoms with Crippen LogP contribution in [-0.2, 0) is 9.59 Å². The number of carbonyl (C=O) groups is 2. The summed E-state index contributed by atoms with van der Waals surface area (Å²) >= 11 is 9.48. The number of halogens is 3. The first-order valence-corrected chi connectivity index (χ1v) is 10.1. The number of amides is 1. The number of nitrogens with zero attached hydrogens (tertiary/aromatic N) is 3. The fourth-order valence-electron chi connectivity index (χ4n) is 3.73. The summed E-state index contributed by atoms with van der Waals surface area (Å²) in [7, 11) is 0. The molecule has 1 N–H and O–H groups in total. The molecule has 2 fully saturated rings. The highest BCUT2D eigenvalue weighted by Crippen LogP contribution is 2.37. The van der Waals surface area contributed by atoms with Gasteiger partial charge in [-0.25, -0.2) is 4.39 Å². The molecular formula is C18H19BrClFN4O2. The summed E-state index contributed by atoms with van der Waals surface area (Å²) in [6, 6.07) is 2.90. The number of aldehydes is 1. The van der Waals surface area contributed by atoms with E-state index in [2.05, 4.69) is 26.5 Å². The fourth-order valence-corrected chi connectivity index (χ4v) is 4.59. The second-order valence-corrected chi connectivity index (χ2v) is 8.57. The maximum Gasteiger partial charge on any atom is 0.225 e. The molecular weight excluding hydrogens is 439 g/mol. The third kappa shape index (κ3) is 3.69. The first kappa shape index (κ1) is 18.7. The van der Waals surface area contributed by atoms with E-state index in [0.29, 0.717) is 29.6 Å². The van der Waals surface area contributed by atoms with Crippen molar-refractivity contribution >= 4 is 51.2 Å². The van der Waals surface area contributed by atoms with E-state index in [1.54, 1.807) is 6.07 Å². The van der Waals surface area contributed by atoms with Gasteiger partial charge in [-0.1, -0.05) is 27.5 Å². The quantitative estimate of drug-likeness (QED) is 0.690. The van der Waals surface area contributed by atoms with Crippen molar-refractivity contribution in [1.82, 2.24) is 10.3 Å². The van der Waals surface area contributed by atoms with Gasteiger partial charge < -0.3 is 4.90 Å². The zero-order valence-corrected chi connectivity index (χ0v) is 16.8. The molecule has 0 spiro atoms. The van der Waals surface area contributed by atoms with Crippen LogP contribution in [0.1, 0.15) is 25.7 Å². The summed E-state index contributed by atoms with van der Waals surface area (Å²) in [5, 5.41) is 4.45. The summed E-state index contributed by atoms with van der Waals surface area (Å²) < 4.78 is 15.1. The lowest BCUT2D eigenvalue weighted by molar-refractivity contribution is -0.131. The largest absolute Gasteiger partial charge is 0.342 e. The van der Waals surface area contributed by atoms with Crippen molar-refractivity contribution in [1.29, 1.82) is 0 Å². The van der Waals surface area contributed by atoms with Crippen LogP contribution in [0.2, 0.25) is 5.02 Å². The second-order valence-electron chi connectivity index (χ2n) is 7.24. The van der Waals surface area contributed by atoms with Crippen molar-refractivity contribution in [2.24, 2.45) is 16.9 Å². The number of benzene rings is 1. The number of nitrogens with one attached hydrogen (secondary N) is 1. The Morgan fingerprint density at radius 3 is 2.85 bits per heavy atom. The SMILES string of the molecule is O=CC1NN=C(C[C@@H]2CCN(C(=O)C3CC3)C2)N1c1c(F)cc(Br)cc1Cl. The van der Waals surface area contributed by atoms with Crippen LogP contribution < -0.4 is 10.3 Å². The predicted molar refractivity (Wildman–Crippen MR) is 104 cm³/mol. The summed E-state index contributed by atoms with van der Waals surface area (Å²) in [6.45, 7) is 1.41. The lowest BCUT2D eigenvalue weighted by atomic mass is 10.0. The normalized spacial score (nSPS) is 24.8. The highest BCUT2D eigenvalue weighted by molar-refractivity contribution is 9.10. The van der Waals surface area contributed by atoms with Crippen molar-refractivity contribution in [3.8, 4) is 0 Å². The maximum atomic E-state index is 14.6. The molecule has 6 nitrogen and oxygen atoms in total. The summed E-state index contributed by atoms with van der Waals surface area (Å²) in [5.41, 5.74) is 2.87. The molecule has 1 saturated heterocycles. The molecule has 1 amide bonds. The van der Waals surface area contributed by atoms with Crippen LogP contribution in [0.15, 0.2) is 21.7 Å². The van der Waals surface area contributed by atoms with Gasteiger partial charge in [-0.05, 0) is 37.3 Å². The molecule has 2 aliphatic heterocycles. The molecule has 1 aliphatic carbocycles. The molecule has 3 aliphatic rings. The summed E-state index contributed by atoms with van der Waals surface area (Å²) in [6.07, 6.45) is 3.26. The van der Waals surface area contributed by atoms with Gasteiger partial charge >= 0.3 is 0 Å². The molecule has 0 bridgehead atoms. The van der Waals surface area contributed by atoms with E-state index in [9.17, 15) is 14.0 Å². The number of hydrazone groups is 1. The topological polar surface area (TPSA) is 65.0 Å². The van der Waals surface area contributed by atoms with Crippen LogP contribution in [0.4, 0.5) is 10.1 Å². The zero-order chi connectivity index (χ0) is 19.1. The highest BCUT2D eigenvalue weighted by atomic mass is 79.9. The number of carbonyl (C=O) groups excluding carboxylic acids is 2. The van der Waals surface area contributed by atoms with Crippen LogP contribution in [0, 0.1) is 17.7 Å². The fraction of sp³-hybridized carbons (Fsp3) is 0.500. The van der Waals surface area contributed by atoms with Gasteiger partial charge in [0.2, 0.25) is 5.91 Å². The number of likely N-dealkylation sites (tertiary alicyclic amines) is 1. The Bertz CT molecular complexity index is 794. The second kappa shape index (κ2) is 7.39. The third-order valence-corrected chi connectivity index (χ3v) is 5.97. The van der Waals surface area contributed by atoms with Crippen LogP contribution in [0.3, 0.4) is 0 Å². The lowest BCUT2D eigenvalue weighted by Gasteiger charge is -2.26. The molecule has 1 unspecified atom stereocenters. The van der Waals surface area contributed by atoms with Crippen LogP contribution in [0.25, 0.3) is 0 Å². The van der Waals surface area contributed by atoms with Gasteiger partial charge in [0.15, 0.2) is 12.5 Å². The Balaban J connectivity index is 1.52. The molecule has 2 heterocycles. The monoisotopic (exact) mass is 456 g/mol. The Hall–Kier alpha value is -1.67. The molecule has 1 saturated carbocycles. The van der Waals surface area contributed by atoms with Gasteiger partial charge in [-0.2, -0.15) is 5.10 Å². The van der Waals surface area contributed by atoms with Gasteiger partial charge in [0.1, 0.15) is 11.7 Å². The van der Waals surface area contributed by atoms with E-state index in [4.69, 9.17) is 11.6 Å². The van der Waals surface area contributed by atoms with Crippen molar-refractivity contribution in [3.05, 3.63) is 27.4 Å². The van der Waals surface area contributed by atoms with Crippen molar-refractivity contribution in [2.45, 2.75) is 31.8 Å². The Labute approximate surface area is 169 Å². The van der Waals surface area contributed by atoms with Gasteiger partial charge in [0.05, 0.1) is 10.7 Å². The third-order valence-electron chi connectivity index (χ3n) is 5.23. The average Bonchev–Trinajstić information content (AvgIpc) is 3.25. The Kier molecular flexibility index (Phi) is 5.11. The van der Waals surface area contributed by atoms with Crippen molar-refractivity contribution < 1.29 is 14.0 Å². The molecule has 144 valence electrons. The molecule has 1 aromatic rings. The number of rotatable bonds is 5. The van der Waals surface area contributed by atoms with E-state index in [0.717, 1.165) is 25.8 Å². The molecule has 2 atom stereocenters. The van der Waals surface area contributed by atoms with Crippen molar-refractivity contribution in [3.63, 3.8) is 0 Å². The van der Waals surface area contributed by atoms with E-state index in [1.165, 1.54) is 11.0 Å². The van der Waals surface area contributed by atoms with Gasteiger partial charge in [0, 0.05) is 29.9 Å². The van der Waals surface area contributed by atoms with Gasteiger partial charge in [-0.3, -0.25) is 19.9 Å². The molecule has 27 heavy (non-hydrogen) atoms. The van der Waals surface area contributed by atoms with E-state index in [1.807, 2.05) is 4.90 Å². The molecule has 0 aromatic heterocycles. The minimum absolute atomic E-state index is 0.129. The van der Waals surface area contributed by atoms with Crippen LogP contribution in [0.5, 0.6) is 0 Å². The number of hydrogen-bond acceptors (Lipinski definition) is 5. The minimum Gasteiger partial charge on any atom is -0.342 e. The van der Waals surface area contributed by atoms with E-state index >= 15 is 0 Å². The first-order valence-electron chi connectivity index (χ1n) is 8.98. The van der Waals surface area contributed by atoms with Crippen LogP contribution >= 0.6 is 27.5 Å². The number of amidine groups is 1. The van der Waals surface area contributed by atoms with Crippen LogP contribution in [-0.4, -0.2) is 42.2 Å². The maximum absolute atomic E-state index is 14.6. The molecule has 1 aromatic carbocycles. The zero-order valence-electron chi connectivity index (χ0n) is 14.5. The van der Waals surface area contributed by atoms with Gasteiger partial charge in [-0.15, -0.1) is 0 Å². The minimum atomic E-state index is -0.807. The molecule has 4 rings (SSSR count). The van der Waals surface area contributed by atoms with E-state index < -0.39 is 12.0 Å². The highest BCUT2D eigenvalue weighted by Gasteiger charge is 2.39. The number of anilines is 1. The van der Waals surface area contributed by atoms with Crippen molar-refractivity contribution in [2.75, 3.05) is 18.0 Å². The Morgan fingerprint density at radius 1 is 1.41 bits per heavy atom. The summed E-state index contributed by atoms with van der Waals surface area (Å²) in [4.78, 5) is 27.2.